The Bertz CT molecular complexity index is 567. The van der Waals surface area contributed by atoms with Gasteiger partial charge in [0, 0.05) is 5.56 Å². The van der Waals surface area contributed by atoms with E-state index in [9.17, 15) is 9.59 Å². The average molecular weight is 270 g/mol. The van der Waals surface area contributed by atoms with Gasteiger partial charge in [-0.1, -0.05) is 37.3 Å². The topological polar surface area (TPSA) is 58.2 Å². The lowest BCUT2D eigenvalue weighted by atomic mass is 9.77. The third-order valence-electron chi connectivity index (χ3n) is 4.52. The highest BCUT2D eigenvalue weighted by molar-refractivity contribution is 5.96. The Morgan fingerprint density at radius 1 is 1.15 bits per heavy atom. The number of rotatable bonds is 2. The number of allylic oxidation sites excluding steroid dienone is 2. The smallest absolute Gasteiger partial charge is 0.269 e. The quantitative estimate of drug-likeness (QED) is 0.638. The number of nitrogens with one attached hydrogen (secondary N) is 2. The molecule has 20 heavy (non-hydrogen) atoms. The van der Waals surface area contributed by atoms with Crippen LogP contribution < -0.4 is 10.9 Å². The summed E-state index contributed by atoms with van der Waals surface area (Å²) in [5, 5.41) is 0. The van der Waals surface area contributed by atoms with Gasteiger partial charge in [0.15, 0.2) is 0 Å². The second-order valence-electron chi connectivity index (χ2n) is 5.88. The first kappa shape index (κ1) is 12.9. The zero-order chi connectivity index (χ0) is 14.2. The number of fused-ring (bicyclic) bond motifs is 2. The van der Waals surface area contributed by atoms with Crippen molar-refractivity contribution in [2.75, 3.05) is 0 Å². The molecule has 0 saturated heterocycles. The van der Waals surface area contributed by atoms with Crippen molar-refractivity contribution in [3.8, 4) is 0 Å². The Morgan fingerprint density at radius 2 is 1.90 bits per heavy atom. The molecule has 1 saturated carbocycles. The second kappa shape index (κ2) is 4.78. The van der Waals surface area contributed by atoms with Gasteiger partial charge < -0.3 is 0 Å². The maximum absolute atomic E-state index is 12.3. The van der Waals surface area contributed by atoms with Crippen LogP contribution in [-0.4, -0.2) is 11.8 Å². The lowest BCUT2D eigenvalue weighted by Gasteiger charge is -2.29. The first-order chi connectivity index (χ1) is 9.59. The number of hydrogen-bond donors (Lipinski definition) is 2. The van der Waals surface area contributed by atoms with Crippen LogP contribution in [0.1, 0.15) is 30.1 Å². The third-order valence-corrected chi connectivity index (χ3v) is 4.52. The Balaban J connectivity index is 1.60. The van der Waals surface area contributed by atoms with Crippen LogP contribution in [0.4, 0.5) is 0 Å². The lowest BCUT2D eigenvalue weighted by Crippen LogP contribution is -2.49. The molecule has 1 fully saturated rings. The number of amides is 2. The SMILES string of the molecule is C[C@]1(C(=O)NNC(=O)c2ccccc2)C[C@H]2C=C[C@@H]1C2. The molecule has 4 heteroatoms. The fraction of sp³-hybridized carbons (Fsp3) is 0.375. The van der Waals surface area contributed by atoms with Crippen molar-refractivity contribution >= 4 is 11.8 Å². The van der Waals surface area contributed by atoms with E-state index in [2.05, 4.69) is 23.0 Å². The molecule has 1 aromatic rings. The molecule has 0 aromatic heterocycles. The van der Waals surface area contributed by atoms with Crippen molar-refractivity contribution in [1.29, 1.82) is 0 Å². The van der Waals surface area contributed by atoms with Gasteiger partial charge in [0.2, 0.25) is 5.91 Å². The molecule has 0 heterocycles. The number of carbonyl (C=O) groups is 2. The summed E-state index contributed by atoms with van der Waals surface area (Å²) in [6.45, 7) is 1.98. The van der Waals surface area contributed by atoms with Crippen LogP contribution in [0.2, 0.25) is 0 Å². The van der Waals surface area contributed by atoms with Gasteiger partial charge in [0.05, 0.1) is 5.41 Å². The van der Waals surface area contributed by atoms with E-state index in [0.717, 1.165) is 12.8 Å². The summed E-state index contributed by atoms with van der Waals surface area (Å²) in [7, 11) is 0. The van der Waals surface area contributed by atoms with Crippen molar-refractivity contribution in [3.05, 3.63) is 48.0 Å². The fourth-order valence-corrected chi connectivity index (χ4v) is 3.27. The Morgan fingerprint density at radius 3 is 2.50 bits per heavy atom. The van der Waals surface area contributed by atoms with Crippen molar-refractivity contribution in [2.45, 2.75) is 19.8 Å². The molecular formula is C16H18N2O2. The van der Waals surface area contributed by atoms with Gasteiger partial charge in [0.1, 0.15) is 0 Å². The summed E-state index contributed by atoms with van der Waals surface area (Å²) in [5.41, 5.74) is 5.21. The van der Waals surface area contributed by atoms with E-state index >= 15 is 0 Å². The zero-order valence-electron chi connectivity index (χ0n) is 11.4. The van der Waals surface area contributed by atoms with Gasteiger partial charge in [-0.05, 0) is 36.8 Å². The van der Waals surface area contributed by atoms with E-state index in [1.54, 1.807) is 24.3 Å². The van der Waals surface area contributed by atoms with E-state index in [4.69, 9.17) is 0 Å². The van der Waals surface area contributed by atoms with Gasteiger partial charge in [-0.3, -0.25) is 20.4 Å². The van der Waals surface area contributed by atoms with E-state index in [0.29, 0.717) is 17.4 Å². The highest BCUT2D eigenvalue weighted by Crippen LogP contribution is 2.51. The van der Waals surface area contributed by atoms with Crippen molar-refractivity contribution in [1.82, 2.24) is 10.9 Å². The maximum atomic E-state index is 12.3. The molecule has 0 unspecified atom stereocenters. The van der Waals surface area contributed by atoms with Gasteiger partial charge >= 0.3 is 0 Å². The molecule has 0 spiro atoms. The third kappa shape index (κ3) is 2.11. The minimum absolute atomic E-state index is 0.0985. The highest BCUT2D eigenvalue weighted by Gasteiger charge is 2.49. The van der Waals surface area contributed by atoms with E-state index in [-0.39, 0.29) is 11.8 Å². The lowest BCUT2D eigenvalue weighted by molar-refractivity contribution is -0.132. The molecule has 3 atom stereocenters. The Labute approximate surface area is 118 Å². The summed E-state index contributed by atoms with van der Waals surface area (Å²) >= 11 is 0. The Hall–Kier alpha value is -2.10. The summed E-state index contributed by atoms with van der Waals surface area (Å²) in [5.74, 6) is 0.418. The molecule has 2 N–H and O–H groups in total. The van der Waals surface area contributed by atoms with Gasteiger partial charge in [-0.2, -0.15) is 0 Å². The van der Waals surface area contributed by atoms with Crippen LogP contribution in [0.3, 0.4) is 0 Å². The predicted molar refractivity (Wildman–Crippen MR) is 75.5 cm³/mol. The van der Waals surface area contributed by atoms with Crippen LogP contribution in [0.25, 0.3) is 0 Å². The molecular weight excluding hydrogens is 252 g/mol. The normalized spacial score (nSPS) is 30.2. The number of carbonyl (C=O) groups excluding carboxylic acids is 2. The van der Waals surface area contributed by atoms with Crippen molar-refractivity contribution in [2.24, 2.45) is 17.3 Å². The molecule has 2 amide bonds. The standard InChI is InChI=1S/C16H18N2O2/c1-16(10-11-7-8-13(16)9-11)15(20)18-17-14(19)12-5-3-2-4-6-12/h2-8,11,13H,9-10H2,1H3,(H,17,19)(H,18,20)/t11-,13+,16-/m0/s1. The van der Waals surface area contributed by atoms with E-state index < -0.39 is 5.41 Å². The zero-order valence-corrected chi connectivity index (χ0v) is 11.4. The van der Waals surface area contributed by atoms with Crippen molar-refractivity contribution < 1.29 is 9.59 Å². The Kier molecular flexibility index (Phi) is 3.08. The molecule has 3 rings (SSSR count). The summed E-state index contributed by atoms with van der Waals surface area (Å²) in [6.07, 6.45) is 6.24. The van der Waals surface area contributed by atoms with Gasteiger partial charge in [-0.15, -0.1) is 0 Å². The first-order valence-electron chi connectivity index (χ1n) is 6.94. The molecule has 0 aliphatic heterocycles. The monoisotopic (exact) mass is 270 g/mol. The average Bonchev–Trinajstić information content (AvgIpc) is 3.06. The van der Waals surface area contributed by atoms with Gasteiger partial charge in [-0.25, -0.2) is 0 Å². The first-order valence-corrected chi connectivity index (χ1v) is 6.94. The molecule has 1 aromatic carbocycles. The molecule has 2 aliphatic rings. The molecule has 104 valence electrons. The van der Waals surface area contributed by atoms with Crippen LogP contribution >= 0.6 is 0 Å². The number of benzene rings is 1. The van der Waals surface area contributed by atoms with Crippen LogP contribution in [0, 0.1) is 17.3 Å². The predicted octanol–water partition coefficient (Wildman–Crippen LogP) is 2.05. The summed E-state index contributed by atoms with van der Waals surface area (Å²) in [4.78, 5) is 24.2. The maximum Gasteiger partial charge on any atom is 0.269 e. The molecule has 0 radical (unpaired) electrons. The number of hydrazine groups is 1. The molecule has 4 nitrogen and oxygen atoms in total. The number of hydrogen-bond acceptors (Lipinski definition) is 2. The summed E-state index contributed by atoms with van der Waals surface area (Å²) in [6, 6.07) is 8.85. The second-order valence-corrected chi connectivity index (χ2v) is 5.88. The highest BCUT2D eigenvalue weighted by atomic mass is 16.2. The molecule has 2 aliphatic carbocycles. The largest absolute Gasteiger partial charge is 0.273 e. The minimum Gasteiger partial charge on any atom is -0.273 e. The van der Waals surface area contributed by atoms with Crippen molar-refractivity contribution in [3.63, 3.8) is 0 Å². The minimum atomic E-state index is -0.399. The summed E-state index contributed by atoms with van der Waals surface area (Å²) < 4.78 is 0. The fourth-order valence-electron chi connectivity index (χ4n) is 3.27. The van der Waals surface area contributed by atoms with Crippen LogP contribution in [0.5, 0.6) is 0 Å². The van der Waals surface area contributed by atoms with Crippen LogP contribution in [-0.2, 0) is 4.79 Å². The van der Waals surface area contributed by atoms with E-state index in [1.165, 1.54) is 0 Å². The molecule has 2 bridgehead atoms. The van der Waals surface area contributed by atoms with E-state index in [1.807, 2.05) is 13.0 Å². The van der Waals surface area contributed by atoms with Gasteiger partial charge in [0.25, 0.3) is 5.91 Å². The van der Waals surface area contributed by atoms with Crippen LogP contribution in [0.15, 0.2) is 42.5 Å².